The van der Waals surface area contributed by atoms with Gasteiger partial charge in [0, 0.05) is 31.6 Å². The van der Waals surface area contributed by atoms with Gasteiger partial charge in [-0.15, -0.1) is 21.5 Å². The summed E-state index contributed by atoms with van der Waals surface area (Å²) in [5.74, 6) is 0.999. The number of aromatic nitrogens is 4. The molecule has 2 aromatic rings. The molecule has 0 aliphatic carbocycles. The van der Waals surface area contributed by atoms with Gasteiger partial charge < -0.3 is 9.88 Å². The van der Waals surface area contributed by atoms with Crippen LogP contribution in [-0.4, -0.2) is 26.3 Å². The molecule has 0 aliphatic heterocycles. The van der Waals surface area contributed by atoms with Gasteiger partial charge in [0.15, 0.2) is 0 Å². The minimum atomic E-state index is 0.299. The summed E-state index contributed by atoms with van der Waals surface area (Å²) in [4.78, 5) is 4.27. The van der Waals surface area contributed by atoms with Crippen molar-refractivity contribution in [3.63, 3.8) is 0 Å². The third-order valence-electron chi connectivity index (χ3n) is 2.43. The second-order valence-electron chi connectivity index (χ2n) is 3.65. The van der Waals surface area contributed by atoms with Gasteiger partial charge in [-0.3, -0.25) is 0 Å². The van der Waals surface area contributed by atoms with Crippen LogP contribution >= 0.6 is 11.3 Å². The Hall–Kier alpha value is -1.27. The molecule has 1 unspecified atom stereocenters. The van der Waals surface area contributed by atoms with E-state index in [1.165, 1.54) is 0 Å². The van der Waals surface area contributed by atoms with Gasteiger partial charge in [-0.05, 0) is 6.92 Å². The highest BCUT2D eigenvalue weighted by atomic mass is 32.1. The second kappa shape index (κ2) is 5.18. The van der Waals surface area contributed by atoms with Crippen molar-refractivity contribution in [3.05, 3.63) is 28.7 Å². The lowest BCUT2D eigenvalue weighted by atomic mass is 10.3. The number of nitrogens with one attached hydrogen (secondary N) is 1. The standard InChI is InChI=1S/C10H15N5S/c1-8(10-12-5-6-16-10)11-4-3-9-14-13-7-15(9)2/h5-8,11H,3-4H2,1-2H3. The molecule has 2 heterocycles. The average Bonchev–Trinajstić information content (AvgIpc) is 2.90. The van der Waals surface area contributed by atoms with Crippen LogP contribution in [0.4, 0.5) is 0 Å². The summed E-state index contributed by atoms with van der Waals surface area (Å²) in [5, 5.41) is 14.4. The first-order valence-electron chi connectivity index (χ1n) is 5.23. The predicted molar refractivity (Wildman–Crippen MR) is 63.2 cm³/mol. The lowest BCUT2D eigenvalue weighted by molar-refractivity contribution is 0.562. The average molecular weight is 237 g/mol. The number of rotatable bonds is 5. The highest BCUT2D eigenvalue weighted by Crippen LogP contribution is 2.14. The maximum atomic E-state index is 4.27. The smallest absolute Gasteiger partial charge is 0.133 e. The van der Waals surface area contributed by atoms with Crippen LogP contribution in [-0.2, 0) is 13.5 Å². The molecule has 2 rings (SSSR count). The molecule has 86 valence electrons. The number of nitrogens with zero attached hydrogens (tertiary/aromatic N) is 4. The van der Waals surface area contributed by atoms with E-state index in [0.717, 1.165) is 23.8 Å². The molecule has 6 heteroatoms. The Balaban J connectivity index is 1.78. The third kappa shape index (κ3) is 2.65. The van der Waals surface area contributed by atoms with Gasteiger partial charge in [0.05, 0.1) is 6.04 Å². The summed E-state index contributed by atoms with van der Waals surface area (Å²) >= 11 is 1.68. The van der Waals surface area contributed by atoms with Crippen LogP contribution in [0.3, 0.4) is 0 Å². The number of thiazole rings is 1. The van der Waals surface area contributed by atoms with Gasteiger partial charge in [0.2, 0.25) is 0 Å². The Kier molecular flexibility index (Phi) is 3.63. The molecule has 0 saturated heterocycles. The molecule has 0 fully saturated rings. The Labute approximate surface area is 98.5 Å². The van der Waals surface area contributed by atoms with Crippen molar-refractivity contribution in [1.29, 1.82) is 0 Å². The van der Waals surface area contributed by atoms with Gasteiger partial charge in [-0.2, -0.15) is 0 Å². The fourth-order valence-electron chi connectivity index (χ4n) is 1.47. The fourth-order valence-corrected chi connectivity index (χ4v) is 2.14. The van der Waals surface area contributed by atoms with E-state index in [0.29, 0.717) is 6.04 Å². The van der Waals surface area contributed by atoms with Crippen molar-refractivity contribution in [2.24, 2.45) is 7.05 Å². The summed E-state index contributed by atoms with van der Waals surface area (Å²) in [6.07, 6.45) is 4.44. The second-order valence-corrected chi connectivity index (χ2v) is 4.58. The van der Waals surface area contributed by atoms with Crippen LogP contribution in [0.15, 0.2) is 17.9 Å². The van der Waals surface area contributed by atoms with E-state index in [4.69, 9.17) is 0 Å². The molecule has 2 aromatic heterocycles. The van der Waals surface area contributed by atoms with Crippen molar-refractivity contribution in [3.8, 4) is 0 Å². The van der Waals surface area contributed by atoms with E-state index in [9.17, 15) is 0 Å². The van der Waals surface area contributed by atoms with Gasteiger partial charge >= 0.3 is 0 Å². The van der Waals surface area contributed by atoms with Crippen molar-refractivity contribution >= 4 is 11.3 Å². The van der Waals surface area contributed by atoms with E-state index < -0.39 is 0 Å². The maximum Gasteiger partial charge on any atom is 0.133 e. The molecule has 16 heavy (non-hydrogen) atoms. The molecule has 0 aromatic carbocycles. The van der Waals surface area contributed by atoms with E-state index in [1.807, 2.05) is 23.2 Å². The third-order valence-corrected chi connectivity index (χ3v) is 3.38. The highest BCUT2D eigenvalue weighted by molar-refractivity contribution is 7.09. The fraction of sp³-hybridized carbons (Fsp3) is 0.500. The van der Waals surface area contributed by atoms with Crippen molar-refractivity contribution in [1.82, 2.24) is 25.1 Å². The van der Waals surface area contributed by atoms with Crippen molar-refractivity contribution in [2.75, 3.05) is 6.54 Å². The highest BCUT2D eigenvalue weighted by Gasteiger charge is 2.07. The topological polar surface area (TPSA) is 55.6 Å². The maximum absolute atomic E-state index is 4.27. The molecule has 1 atom stereocenters. The normalized spacial score (nSPS) is 12.9. The van der Waals surface area contributed by atoms with Gasteiger partial charge in [-0.1, -0.05) is 0 Å². The lowest BCUT2D eigenvalue weighted by Crippen LogP contribution is -2.22. The molecule has 0 radical (unpaired) electrons. The van der Waals surface area contributed by atoms with E-state index in [-0.39, 0.29) is 0 Å². The van der Waals surface area contributed by atoms with Crippen molar-refractivity contribution in [2.45, 2.75) is 19.4 Å². The Bertz CT molecular complexity index is 422. The van der Waals surface area contributed by atoms with Gasteiger partial charge in [0.25, 0.3) is 0 Å². The van der Waals surface area contributed by atoms with E-state index >= 15 is 0 Å². The first kappa shape index (κ1) is 11.2. The molecule has 0 saturated carbocycles. The lowest BCUT2D eigenvalue weighted by Gasteiger charge is -2.10. The molecule has 0 amide bonds. The monoisotopic (exact) mass is 237 g/mol. The largest absolute Gasteiger partial charge is 0.321 e. The number of aryl methyl sites for hydroxylation is 1. The molecular weight excluding hydrogens is 222 g/mol. The molecule has 1 N–H and O–H groups in total. The summed E-state index contributed by atoms with van der Waals surface area (Å²) in [6.45, 7) is 3.00. The predicted octanol–water partition coefficient (Wildman–Crippen LogP) is 1.16. The summed E-state index contributed by atoms with van der Waals surface area (Å²) < 4.78 is 1.94. The van der Waals surface area contributed by atoms with Crippen LogP contribution < -0.4 is 5.32 Å². The minimum absolute atomic E-state index is 0.299. The van der Waals surface area contributed by atoms with Crippen LogP contribution in [0.25, 0.3) is 0 Å². The first-order chi connectivity index (χ1) is 7.77. The van der Waals surface area contributed by atoms with Crippen LogP contribution in [0.1, 0.15) is 23.8 Å². The van der Waals surface area contributed by atoms with Crippen molar-refractivity contribution < 1.29 is 0 Å². The van der Waals surface area contributed by atoms with Crippen LogP contribution in [0.2, 0.25) is 0 Å². The SMILES string of the molecule is CC(NCCc1nncn1C)c1nccs1. The minimum Gasteiger partial charge on any atom is -0.321 e. The Morgan fingerprint density at radius 1 is 1.56 bits per heavy atom. The Morgan fingerprint density at radius 3 is 3.06 bits per heavy atom. The molecule has 0 bridgehead atoms. The quantitative estimate of drug-likeness (QED) is 0.848. The van der Waals surface area contributed by atoms with E-state index in [2.05, 4.69) is 27.4 Å². The number of hydrogen-bond donors (Lipinski definition) is 1. The Morgan fingerprint density at radius 2 is 2.44 bits per heavy atom. The molecule has 0 spiro atoms. The molecule has 0 aliphatic rings. The first-order valence-corrected chi connectivity index (χ1v) is 6.11. The van der Waals surface area contributed by atoms with Crippen LogP contribution in [0, 0.1) is 0 Å². The summed E-state index contributed by atoms with van der Waals surface area (Å²) in [7, 11) is 1.96. The zero-order valence-corrected chi connectivity index (χ0v) is 10.2. The molecular formula is C10H15N5S. The zero-order chi connectivity index (χ0) is 11.4. The van der Waals surface area contributed by atoms with Gasteiger partial charge in [0.1, 0.15) is 17.2 Å². The van der Waals surface area contributed by atoms with Gasteiger partial charge in [-0.25, -0.2) is 4.98 Å². The summed E-state index contributed by atoms with van der Waals surface area (Å²) in [6, 6.07) is 0.299. The zero-order valence-electron chi connectivity index (χ0n) is 9.42. The summed E-state index contributed by atoms with van der Waals surface area (Å²) in [5.41, 5.74) is 0. The number of hydrogen-bond acceptors (Lipinski definition) is 5. The van der Waals surface area contributed by atoms with E-state index in [1.54, 1.807) is 17.7 Å². The van der Waals surface area contributed by atoms with Crippen LogP contribution in [0.5, 0.6) is 0 Å². The molecule has 5 nitrogen and oxygen atoms in total.